The van der Waals surface area contributed by atoms with Gasteiger partial charge in [-0.15, -0.1) is 11.3 Å². The van der Waals surface area contributed by atoms with Gasteiger partial charge < -0.3 is 5.73 Å². The maximum absolute atomic E-state index is 6.00. The first kappa shape index (κ1) is 9.90. The predicted molar refractivity (Wildman–Crippen MR) is 66.8 cm³/mol. The lowest BCUT2D eigenvalue weighted by atomic mass is 9.94. The van der Waals surface area contributed by atoms with Gasteiger partial charge in [0, 0.05) is 10.9 Å². The molecular weight excluding hydrogens is 218 g/mol. The molecule has 0 aliphatic heterocycles. The molecule has 2 heterocycles. The van der Waals surface area contributed by atoms with Crippen molar-refractivity contribution in [3.8, 4) is 0 Å². The number of aromatic nitrogens is 2. The second-order valence-corrected chi connectivity index (χ2v) is 5.36. The molecule has 16 heavy (non-hydrogen) atoms. The minimum absolute atomic E-state index is 0.351. The van der Waals surface area contributed by atoms with Crippen LogP contribution in [0, 0.1) is 6.92 Å². The van der Waals surface area contributed by atoms with E-state index in [1.54, 1.807) is 0 Å². The highest BCUT2D eigenvalue weighted by molar-refractivity contribution is 7.10. The van der Waals surface area contributed by atoms with Crippen molar-refractivity contribution in [2.45, 2.75) is 32.2 Å². The van der Waals surface area contributed by atoms with Crippen LogP contribution >= 0.6 is 11.3 Å². The molecule has 0 aromatic carbocycles. The molecule has 84 valence electrons. The second kappa shape index (κ2) is 3.63. The number of rotatable bonds is 1. The van der Waals surface area contributed by atoms with Crippen molar-refractivity contribution in [3.63, 3.8) is 0 Å². The smallest absolute Gasteiger partial charge is 0.122 e. The molecule has 1 atom stereocenters. The van der Waals surface area contributed by atoms with E-state index in [-0.39, 0.29) is 0 Å². The van der Waals surface area contributed by atoms with Crippen LogP contribution in [0.2, 0.25) is 0 Å². The Morgan fingerprint density at radius 3 is 3.19 bits per heavy atom. The molecule has 0 spiro atoms. The fraction of sp³-hybridized carbons (Fsp3) is 0.417. The first-order valence-corrected chi connectivity index (χ1v) is 6.51. The van der Waals surface area contributed by atoms with Crippen LogP contribution in [0.25, 0.3) is 0 Å². The molecule has 3 rings (SSSR count). The number of thiophene rings is 1. The largest absolute Gasteiger partial charge is 0.384 e. The van der Waals surface area contributed by atoms with Gasteiger partial charge in [0.2, 0.25) is 0 Å². The first-order chi connectivity index (χ1) is 7.75. The van der Waals surface area contributed by atoms with Gasteiger partial charge in [0.25, 0.3) is 0 Å². The fourth-order valence-corrected chi connectivity index (χ4v) is 3.48. The summed E-state index contributed by atoms with van der Waals surface area (Å²) in [6, 6.07) is 4.52. The molecule has 0 saturated heterocycles. The van der Waals surface area contributed by atoms with Crippen molar-refractivity contribution in [3.05, 3.63) is 33.6 Å². The van der Waals surface area contributed by atoms with Gasteiger partial charge >= 0.3 is 0 Å². The van der Waals surface area contributed by atoms with E-state index in [0.29, 0.717) is 6.04 Å². The third-order valence-electron chi connectivity index (χ3n) is 3.20. The zero-order valence-corrected chi connectivity index (χ0v) is 10.1. The van der Waals surface area contributed by atoms with Crippen molar-refractivity contribution in [1.82, 2.24) is 9.78 Å². The maximum Gasteiger partial charge on any atom is 0.122 e. The van der Waals surface area contributed by atoms with Crippen LogP contribution in [0.4, 0.5) is 5.82 Å². The van der Waals surface area contributed by atoms with E-state index in [0.717, 1.165) is 17.9 Å². The Morgan fingerprint density at radius 1 is 1.56 bits per heavy atom. The van der Waals surface area contributed by atoms with E-state index in [2.05, 4.69) is 16.5 Å². The number of anilines is 1. The van der Waals surface area contributed by atoms with Gasteiger partial charge in [-0.3, -0.25) is 0 Å². The Kier molecular flexibility index (Phi) is 2.24. The molecule has 2 aromatic heterocycles. The lowest BCUT2D eigenvalue weighted by Gasteiger charge is -2.23. The highest BCUT2D eigenvalue weighted by atomic mass is 32.1. The van der Waals surface area contributed by atoms with E-state index in [4.69, 9.17) is 5.73 Å². The molecule has 1 unspecified atom stereocenters. The molecule has 1 aliphatic rings. The van der Waals surface area contributed by atoms with E-state index >= 15 is 0 Å². The zero-order valence-electron chi connectivity index (χ0n) is 9.31. The van der Waals surface area contributed by atoms with E-state index in [9.17, 15) is 0 Å². The first-order valence-electron chi connectivity index (χ1n) is 5.63. The molecule has 4 heteroatoms. The van der Waals surface area contributed by atoms with Crippen molar-refractivity contribution in [1.29, 1.82) is 0 Å². The summed E-state index contributed by atoms with van der Waals surface area (Å²) in [6.07, 6.45) is 3.59. The number of fused-ring (bicyclic) bond motifs is 1. The van der Waals surface area contributed by atoms with Crippen molar-refractivity contribution < 1.29 is 0 Å². The van der Waals surface area contributed by atoms with Crippen LogP contribution in [0.3, 0.4) is 0 Å². The number of aryl methyl sites for hydroxylation is 2. The van der Waals surface area contributed by atoms with Crippen molar-refractivity contribution in [2.24, 2.45) is 0 Å². The number of hydrogen-bond donors (Lipinski definition) is 1. The summed E-state index contributed by atoms with van der Waals surface area (Å²) < 4.78 is 1.99. The van der Waals surface area contributed by atoms with Crippen molar-refractivity contribution >= 4 is 17.2 Å². The van der Waals surface area contributed by atoms with Gasteiger partial charge in [0.05, 0.1) is 11.7 Å². The Hall–Kier alpha value is -1.29. The molecule has 0 saturated carbocycles. The average molecular weight is 233 g/mol. The second-order valence-electron chi connectivity index (χ2n) is 4.36. The number of nitrogens with zero attached hydrogens (tertiary/aromatic N) is 2. The molecule has 0 radical (unpaired) electrons. The molecule has 1 aliphatic carbocycles. The molecule has 0 amide bonds. The van der Waals surface area contributed by atoms with Crippen LogP contribution in [0.5, 0.6) is 0 Å². The lowest BCUT2D eigenvalue weighted by molar-refractivity contribution is 0.458. The number of hydrogen-bond acceptors (Lipinski definition) is 3. The van der Waals surface area contributed by atoms with Gasteiger partial charge in [0.15, 0.2) is 0 Å². The normalized spacial score (nSPS) is 19.7. The number of nitrogens with two attached hydrogens (primary N) is 1. The van der Waals surface area contributed by atoms with Gasteiger partial charge in [-0.25, -0.2) is 4.68 Å². The van der Waals surface area contributed by atoms with Crippen LogP contribution < -0.4 is 5.73 Å². The summed E-state index contributed by atoms with van der Waals surface area (Å²) in [7, 11) is 0. The Morgan fingerprint density at radius 2 is 2.44 bits per heavy atom. The predicted octanol–water partition coefficient (Wildman–Crippen LogP) is 2.76. The summed E-state index contributed by atoms with van der Waals surface area (Å²) in [5, 5.41) is 6.68. The van der Waals surface area contributed by atoms with Gasteiger partial charge in [-0.05, 0) is 43.2 Å². The average Bonchev–Trinajstić information content (AvgIpc) is 2.84. The molecule has 3 nitrogen and oxygen atoms in total. The Balaban J connectivity index is 2.07. The molecule has 0 bridgehead atoms. The zero-order chi connectivity index (χ0) is 11.1. The highest BCUT2D eigenvalue weighted by Gasteiger charge is 2.24. The Labute approximate surface area is 98.9 Å². The summed E-state index contributed by atoms with van der Waals surface area (Å²) in [5.41, 5.74) is 8.42. The van der Waals surface area contributed by atoms with Gasteiger partial charge in [-0.2, -0.15) is 5.10 Å². The van der Waals surface area contributed by atoms with Gasteiger partial charge in [0.1, 0.15) is 5.82 Å². The van der Waals surface area contributed by atoms with Crippen LogP contribution in [-0.4, -0.2) is 9.78 Å². The van der Waals surface area contributed by atoms with E-state index < -0.39 is 0 Å². The fourth-order valence-electron chi connectivity index (χ4n) is 2.50. The van der Waals surface area contributed by atoms with Crippen LogP contribution in [0.1, 0.15) is 35.0 Å². The minimum Gasteiger partial charge on any atom is -0.384 e. The van der Waals surface area contributed by atoms with E-state index in [1.807, 2.05) is 29.0 Å². The third-order valence-corrected chi connectivity index (χ3v) is 4.20. The summed E-state index contributed by atoms with van der Waals surface area (Å²) >= 11 is 1.85. The lowest BCUT2D eigenvalue weighted by Crippen LogP contribution is -2.18. The SMILES string of the molecule is Cc1cc(N)n(C2CCCc3sccc32)n1. The molecule has 2 N–H and O–H groups in total. The monoisotopic (exact) mass is 233 g/mol. The van der Waals surface area contributed by atoms with E-state index in [1.165, 1.54) is 23.3 Å². The third kappa shape index (κ3) is 1.45. The summed E-state index contributed by atoms with van der Waals surface area (Å²) in [6.45, 7) is 1.99. The minimum atomic E-state index is 0.351. The maximum atomic E-state index is 6.00. The quantitative estimate of drug-likeness (QED) is 0.823. The standard InChI is InChI=1S/C12H15N3S/c1-8-7-12(13)15(14-8)10-3-2-4-11-9(10)5-6-16-11/h5-7,10H,2-4,13H2,1H3. The van der Waals surface area contributed by atoms with Crippen LogP contribution in [0.15, 0.2) is 17.5 Å². The van der Waals surface area contributed by atoms with Crippen LogP contribution in [-0.2, 0) is 6.42 Å². The molecular formula is C12H15N3S. The highest BCUT2D eigenvalue weighted by Crippen LogP contribution is 2.36. The Bertz CT molecular complexity index is 512. The number of nitrogen functional groups attached to an aromatic ring is 1. The summed E-state index contributed by atoms with van der Waals surface area (Å²) in [4.78, 5) is 1.50. The van der Waals surface area contributed by atoms with Gasteiger partial charge in [-0.1, -0.05) is 0 Å². The molecule has 2 aromatic rings. The topological polar surface area (TPSA) is 43.8 Å². The summed E-state index contributed by atoms with van der Waals surface area (Å²) in [5.74, 6) is 0.779. The molecule has 0 fully saturated rings. The van der Waals surface area contributed by atoms with Crippen molar-refractivity contribution in [2.75, 3.05) is 5.73 Å².